The van der Waals surface area contributed by atoms with Crippen molar-refractivity contribution in [3.05, 3.63) is 26.3 Å². The van der Waals surface area contributed by atoms with Gasteiger partial charge in [-0.15, -0.1) is 0 Å². The first-order chi connectivity index (χ1) is 6.91. The van der Waals surface area contributed by atoms with Gasteiger partial charge in [0.1, 0.15) is 0 Å². The second-order valence-corrected chi connectivity index (χ2v) is 4.27. The Morgan fingerprint density at radius 3 is 2.53 bits per heavy atom. The molecule has 0 unspecified atom stereocenters. The molecule has 0 aliphatic carbocycles. The van der Waals surface area contributed by atoms with Crippen LogP contribution in [-0.4, -0.2) is 12.4 Å². The predicted octanol–water partition coefficient (Wildman–Crippen LogP) is 3.75. The molecule has 0 aliphatic heterocycles. The highest BCUT2D eigenvalue weighted by molar-refractivity contribution is 14.1. The first-order valence-electron chi connectivity index (χ1n) is 3.86. The van der Waals surface area contributed by atoms with Crippen LogP contribution in [-0.2, 0) is 0 Å². The Balaban J connectivity index is 3.15. The van der Waals surface area contributed by atoms with E-state index in [0.717, 1.165) is 0 Å². The van der Waals surface area contributed by atoms with Gasteiger partial charge in [0.15, 0.2) is 11.5 Å². The molecule has 0 heterocycles. The Morgan fingerprint density at radius 1 is 1.53 bits per heavy atom. The van der Waals surface area contributed by atoms with Crippen LogP contribution < -0.4 is 4.74 Å². The number of ether oxygens (including phenoxy) is 1. The van der Waals surface area contributed by atoms with Crippen LogP contribution in [0.5, 0.6) is 5.75 Å². The van der Waals surface area contributed by atoms with Gasteiger partial charge >= 0.3 is 6.61 Å². The van der Waals surface area contributed by atoms with E-state index in [4.69, 9.17) is 11.6 Å². The lowest BCUT2D eigenvalue weighted by Gasteiger charge is -2.09. The topological polar surface area (TPSA) is 26.3 Å². The van der Waals surface area contributed by atoms with E-state index in [-0.39, 0.29) is 16.6 Å². The highest BCUT2D eigenvalue weighted by Crippen LogP contribution is 2.32. The average Bonchev–Trinajstić information content (AvgIpc) is 2.10. The van der Waals surface area contributed by atoms with Crippen molar-refractivity contribution in [2.75, 3.05) is 0 Å². The fourth-order valence-corrected chi connectivity index (χ4v) is 2.14. The number of hydrogen-bond acceptors (Lipinski definition) is 2. The van der Waals surface area contributed by atoms with Crippen LogP contribution in [0, 0.1) is 3.57 Å². The van der Waals surface area contributed by atoms with E-state index < -0.39 is 6.61 Å². The normalized spacial score (nSPS) is 10.5. The van der Waals surface area contributed by atoms with Gasteiger partial charge in [-0.05, 0) is 41.6 Å². The number of halogens is 4. The Kier molecular flexibility index (Phi) is 4.27. The molecule has 0 radical (unpaired) electrons. The highest BCUT2D eigenvalue weighted by Gasteiger charge is 2.14. The highest BCUT2D eigenvalue weighted by atomic mass is 127. The summed E-state index contributed by atoms with van der Waals surface area (Å²) in [4.78, 5) is 11.0. The quantitative estimate of drug-likeness (QED) is 0.615. The third-order valence-corrected chi connectivity index (χ3v) is 2.69. The molecule has 1 aromatic rings. The van der Waals surface area contributed by atoms with E-state index in [1.165, 1.54) is 19.1 Å². The molecule has 0 spiro atoms. The minimum Gasteiger partial charge on any atom is -0.432 e. The van der Waals surface area contributed by atoms with E-state index >= 15 is 0 Å². The minimum atomic E-state index is -2.93. The molecule has 0 aromatic heterocycles. The SMILES string of the molecule is CC(=O)c1cc(Cl)c(OC(F)F)c(I)c1. The molecule has 1 aromatic carbocycles. The van der Waals surface area contributed by atoms with E-state index in [0.29, 0.717) is 9.13 Å². The van der Waals surface area contributed by atoms with Gasteiger partial charge in [-0.2, -0.15) is 8.78 Å². The molecule has 6 heteroatoms. The number of rotatable bonds is 3. The van der Waals surface area contributed by atoms with Crippen molar-refractivity contribution in [3.8, 4) is 5.75 Å². The number of Topliss-reactive ketones (excluding diaryl/α,β-unsaturated/α-hetero) is 1. The van der Waals surface area contributed by atoms with Crippen molar-refractivity contribution in [1.29, 1.82) is 0 Å². The number of alkyl halides is 2. The molecule has 1 rings (SSSR count). The van der Waals surface area contributed by atoms with Gasteiger partial charge < -0.3 is 4.74 Å². The van der Waals surface area contributed by atoms with Crippen LogP contribution in [0.3, 0.4) is 0 Å². The first-order valence-corrected chi connectivity index (χ1v) is 5.32. The summed E-state index contributed by atoms with van der Waals surface area (Å²) in [5.74, 6) is -0.282. The Labute approximate surface area is 104 Å². The summed E-state index contributed by atoms with van der Waals surface area (Å²) < 4.78 is 28.6. The average molecular weight is 346 g/mol. The molecule has 0 amide bonds. The van der Waals surface area contributed by atoms with Gasteiger partial charge in [-0.25, -0.2) is 0 Å². The minimum absolute atomic E-state index is 0.00685. The van der Waals surface area contributed by atoms with Crippen LogP contribution in [0.2, 0.25) is 5.02 Å². The van der Waals surface area contributed by atoms with E-state index in [9.17, 15) is 13.6 Å². The van der Waals surface area contributed by atoms with Gasteiger partial charge in [-0.1, -0.05) is 11.6 Å². The summed E-state index contributed by atoms with van der Waals surface area (Å²) in [5.41, 5.74) is 0.367. The van der Waals surface area contributed by atoms with Gasteiger partial charge in [0, 0.05) is 5.56 Å². The van der Waals surface area contributed by atoms with Crippen molar-refractivity contribution in [1.82, 2.24) is 0 Å². The molecule has 0 fully saturated rings. The number of carbonyl (C=O) groups is 1. The number of ketones is 1. The Hall–Kier alpha value is -0.430. The third-order valence-electron chi connectivity index (χ3n) is 1.61. The van der Waals surface area contributed by atoms with Gasteiger partial charge in [0.05, 0.1) is 8.59 Å². The summed E-state index contributed by atoms with van der Waals surface area (Å²) in [6.07, 6.45) is 0. The first kappa shape index (κ1) is 12.6. The van der Waals surface area contributed by atoms with Gasteiger partial charge in [0.2, 0.25) is 0 Å². The summed E-state index contributed by atoms with van der Waals surface area (Å²) in [6, 6.07) is 2.76. The van der Waals surface area contributed by atoms with Crippen molar-refractivity contribution in [2.45, 2.75) is 13.5 Å². The van der Waals surface area contributed by atoms with Crippen LogP contribution in [0.4, 0.5) is 8.78 Å². The molecule has 0 N–H and O–H groups in total. The van der Waals surface area contributed by atoms with Crippen LogP contribution in [0.25, 0.3) is 0 Å². The van der Waals surface area contributed by atoms with Gasteiger partial charge in [-0.3, -0.25) is 4.79 Å². The molecule has 2 nitrogen and oxygen atoms in total. The van der Waals surface area contributed by atoms with Crippen molar-refractivity contribution in [2.24, 2.45) is 0 Å². The lowest BCUT2D eigenvalue weighted by atomic mass is 10.1. The lowest BCUT2D eigenvalue weighted by Crippen LogP contribution is -2.05. The number of benzene rings is 1. The van der Waals surface area contributed by atoms with Crippen LogP contribution >= 0.6 is 34.2 Å². The molecule has 15 heavy (non-hydrogen) atoms. The van der Waals surface area contributed by atoms with E-state index in [1.54, 1.807) is 22.6 Å². The largest absolute Gasteiger partial charge is 0.432 e. The lowest BCUT2D eigenvalue weighted by molar-refractivity contribution is -0.0503. The molecule has 0 aliphatic rings. The maximum absolute atomic E-state index is 12.0. The molecule has 0 atom stereocenters. The molecule has 0 saturated heterocycles. The summed E-state index contributed by atoms with van der Waals surface area (Å²) in [7, 11) is 0. The van der Waals surface area contributed by atoms with E-state index in [1.807, 2.05) is 0 Å². The second kappa shape index (κ2) is 5.07. The van der Waals surface area contributed by atoms with E-state index in [2.05, 4.69) is 4.74 Å². The fourth-order valence-electron chi connectivity index (χ4n) is 0.965. The van der Waals surface area contributed by atoms with Crippen molar-refractivity contribution in [3.63, 3.8) is 0 Å². The molecular weight excluding hydrogens is 340 g/mol. The van der Waals surface area contributed by atoms with Crippen LogP contribution in [0.15, 0.2) is 12.1 Å². The third kappa shape index (κ3) is 3.27. The van der Waals surface area contributed by atoms with Crippen molar-refractivity contribution < 1.29 is 18.3 Å². The van der Waals surface area contributed by atoms with Crippen molar-refractivity contribution >= 4 is 40.0 Å². The Bertz CT molecular complexity index is 373. The zero-order valence-electron chi connectivity index (χ0n) is 7.56. The number of carbonyl (C=O) groups excluding carboxylic acids is 1. The molecule has 0 bridgehead atoms. The fraction of sp³-hybridized carbons (Fsp3) is 0.222. The van der Waals surface area contributed by atoms with Gasteiger partial charge in [0.25, 0.3) is 0 Å². The maximum Gasteiger partial charge on any atom is 0.387 e. The summed E-state index contributed by atoms with van der Waals surface area (Å²) in [5, 5.41) is 0.00685. The molecular formula is C9H6ClF2IO2. The maximum atomic E-state index is 12.0. The number of hydrogen-bond donors (Lipinski definition) is 0. The van der Waals surface area contributed by atoms with Crippen LogP contribution in [0.1, 0.15) is 17.3 Å². The predicted molar refractivity (Wildman–Crippen MR) is 60.8 cm³/mol. The summed E-state index contributed by atoms with van der Waals surface area (Å²) in [6.45, 7) is -1.56. The monoisotopic (exact) mass is 346 g/mol. The Morgan fingerprint density at radius 2 is 2.13 bits per heavy atom. The zero-order chi connectivity index (χ0) is 11.6. The smallest absolute Gasteiger partial charge is 0.387 e. The summed E-state index contributed by atoms with van der Waals surface area (Å²) >= 11 is 7.49. The molecule has 0 saturated carbocycles. The molecule has 82 valence electrons. The standard InChI is InChI=1S/C9H6ClF2IO2/c1-4(14)5-2-6(10)8(7(13)3-5)15-9(11)12/h2-3,9H,1H3. The zero-order valence-corrected chi connectivity index (χ0v) is 10.5. The second-order valence-electron chi connectivity index (χ2n) is 2.70.